The molecule has 0 fully saturated rings. The number of carboxylic acid groups (broad SMARTS) is 1. The third-order valence-corrected chi connectivity index (χ3v) is 1.84. The Morgan fingerprint density at radius 1 is 1.35 bits per heavy atom. The van der Waals surface area contributed by atoms with Crippen LogP contribution in [-0.2, 0) is 0 Å². The topological polar surface area (TPSA) is 46.5 Å². The highest BCUT2D eigenvalue weighted by molar-refractivity contribution is 6.31. The van der Waals surface area contributed by atoms with E-state index in [2.05, 4.69) is 4.74 Å². The predicted molar refractivity (Wildman–Crippen MR) is 50.0 cm³/mol. The highest BCUT2D eigenvalue weighted by Crippen LogP contribution is 2.29. The molecule has 1 aromatic carbocycles. The van der Waals surface area contributed by atoms with Crippen LogP contribution in [0, 0.1) is 0 Å². The van der Waals surface area contributed by atoms with Crippen LogP contribution >= 0.6 is 11.6 Å². The first-order chi connectivity index (χ1) is 7.72. The summed E-state index contributed by atoms with van der Waals surface area (Å²) in [5.41, 5.74) is -0.447. The van der Waals surface area contributed by atoms with Gasteiger partial charge in [0, 0.05) is 5.02 Å². The highest BCUT2D eigenvalue weighted by atomic mass is 35.5. The lowest BCUT2D eigenvalue weighted by Gasteiger charge is -2.17. The number of aromatic carboxylic acids is 1. The molecule has 0 aliphatic carbocycles. The van der Waals surface area contributed by atoms with Crippen molar-refractivity contribution in [2.75, 3.05) is 0 Å². The van der Waals surface area contributed by atoms with Crippen LogP contribution in [0.15, 0.2) is 18.2 Å². The minimum Gasteiger partial charge on any atom is -0.478 e. The zero-order chi connectivity index (χ0) is 13.2. The van der Waals surface area contributed by atoms with Gasteiger partial charge in [0.15, 0.2) is 0 Å². The molecule has 0 aliphatic heterocycles. The van der Waals surface area contributed by atoms with Crippen molar-refractivity contribution < 1.29 is 32.2 Å². The Balaban J connectivity index is 3.03. The molecule has 0 heterocycles. The Morgan fingerprint density at radius 2 is 1.94 bits per heavy atom. The second-order valence-corrected chi connectivity index (χ2v) is 3.38. The number of benzene rings is 1. The zero-order valence-corrected chi connectivity index (χ0v) is 8.72. The second kappa shape index (κ2) is 4.79. The number of halogens is 5. The minimum atomic E-state index is -4.71. The molecule has 0 amide bonds. The number of ether oxygens (including phenoxy) is 1. The molecule has 1 rings (SSSR count). The van der Waals surface area contributed by atoms with Gasteiger partial charge in [0.05, 0.1) is 5.56 Å². The number of rotatable bonds is 4. The van der Waals surface area contributed by atoms with Crippen molar-refractivity contribution in [1.82, 2.24) is 0 Å². The van der Waals surface area contributed by atoms with Crippen LogP contribution in [0.1, 0.15) is 10.4 Å². The van der Waals surface area contributed by atoms with Gasteiger partial charge in [0.1, 0.15) is 5.75 Å². The Kier molecular flexibility index (Phi) is 3.82. The van der Waals surface area contributed by atoms with Gasteiger partial charge in [-0.25, -0.2) is 4.79 Å². The Morgan fingerprint density at radius 3 is 2.41 bits per heavy atom. The van der Waals surface area contributed by atoms with E-state index in [4.69, 9.17) is 16.7 Å². The molecule has 94 valence electrons. The molecule has 0 atom stereocenters. The fourth-order valence-electron chi connectivity index (χ4n) is 0.947. The molecule has 0 spiro atoms. The van der Waals surface area contributed by atoms with E-state index in [1.807, 2.05) is 0 Å². The fourth-order valence-corrected chi connectivity index (χ4v) is 1.17. The van der Waals surface area contributed by atoms with E-state index < -0.39 is 29.8 Å². The molecule has 0 aliphatic rings. The number of carbonyl (C=O) groups is 1. The summed E-state index contributed by atoms with van der Waals surface area (Å²) in [5.74, 6) is -2.20. The third-order valence-electron chi connectivity index (χ3n) is 1.63. The fraction of sp³-hybridized carbons (Fsp3) is 0.222. The Labute approximate surface area is 97.6 Å². The molecule has 0 unspecified atom stereocenters. The largest absolute Gasteiger partial charge is 0.478 e. The van der Waals surface area contributed by atoms with Crippen molar-refractivity contribution in [3.63, 3.8) is 0 Å². The summed E-state index contributed by atoms with van der Waals surface area (Å²) in [6, 6.07) is 2.45. The second-order valence-electron chi connectivity index (χ2n) is 2.95. The van der Waals surface area contributed by atoms with Gasteiger partial charge < -0.3 is 9.84 Å². The van der Waals surface area contributed by atoms with Gasteiger partial charge in [0.25, 0.3) is 0 Å². The first kappa shape index (κ1) is 13.6. The number of carboxylic acids is 1. The van der Waals surface area contributed by atoms with Crippen LogP contribution in [0.25, 0.3) is 0 Å². The average molecular weight is 273 g/mol. The van der Waals surface area contributed by atoms with Gasteiger partial charge in [-0.2, -0.15) is 17.6 Å². The van der Waals surface area contributed by atoms with Gasteiger partial charge in [-0.05, 0) is 18.2 Å². The number of alkyl halides is 4. The lowest BCUT2D eigenvalue weighted by Crippen LogP contribution is -2.33. The lowest BCUT2D eigenvalue weighted by molar-refractivity contribution is -0.253. The smallest absolute Gasteiger partial charge is 0.461 e. The van der Waals surface area contributed by atoms with Crippen LogP contribution in [0.4, 0.5) is 17.6 Å². The Hall–Kier alpha value is -1.50. The molecule has 1 N–H and O–H groups in total. The molecular formula is C9H5ClF4O3. The van der Waals surface area contributed by atoms with Crippen LogP contribution in [0.2, 0.25) is 5.02 Å². The minimum absolute atomic E-state index is 0.218. The summed E-state index contributed by atoms with van der Waals surface area (Å²) in [5, 5.41) is 8.37. The predicted octanol–water partition coefficient (Wildman–Crippen LogP) is 3.27. The van der Waals surface area contributed by atoms with Crippen LogP contribution < -0.4 is 4.74 Å². The zero-order valence-electron chi connectivity index (χ0n) is 7.96. The molecule has 3 nitrogen and oxygen atoms in total. The average Bonchev–Trinajstić information content (AvgIpc) is 2.15. The summed E-state index contributed by atoms with van der Waals surface area (Å²) in [4.78, 5) is 10.6. The molecule has 17 heavy (non-hydrogen) atoms. The number of hydrogen-bond acceptors (Lipinski definition) is 2. The van der Waals surface area contributed by atoms with Crippen LogP contribution in [0.3, 0.4) is 0 Å². The number of hydrogen-bond donors (Lipinski definition) is 1. The van der Waals surface area contributed by atoms with Gasteiger partial charge in [-0.1, -0.05) is 11.6 Å². The van der Waals surface area contributed by atoms with Gasteiger partial charge in [-0.3, -0.25) is 0 Å². The SMILES string of the molecule is O=C(O)c1cc(Cl)cc(OC(F)(F)C(F)F)c1. The third kappa shape index (κ3) is 3.48. The normalized spacial score (nSPS) is 11.6. The van der Waals surface area contributed by atoms with E-state index in [9.17, 15) is 22.4 Å². The van der Waals surface area contributed by atoms with E-state index in [-0.39, 0.29) is 5.02 Å². The van der Waals surface area contributed by atoms with E-state index in [1.165, 1.54) is 0 Å². The van der Waals surface area contributed by atoms with Crippen molar-refractivity contribution in [2.45, 2.75) is 12.5 Å². The quantitative estimate of drug-likeness (QED) is 0.856. The summed E-state index contributed by atoms with van der Waals surface area (Å²) < 4.78 is 52.4. The van der Waals surface area contributed by atoms with E-state index in [0.717, 1.165) is 12.1 Å². The monoisotopic (exact) mass is 272 g/mol. The summed E-state index contributed by atoms with van der Waals surface area (Å²) in [6.07, 6.45) is -8.74. The molecule has 8 heteroatoms. The lowest BCUT2D eigenvalue weighted by atomic mass is 10.2. The molecule has 1 aromatic rings. The summed E-state index contributed by atoms with van der Waals surface area (Å²) >= 11 is 5.43. The van der Waals surface area contributed by atoms with Crippen LogP contribution in [-0.4, -0.2) is 23.6 Å². The maximum atomic E-state index is 12.5. The van der Waals surface area contributed by atoms with E-state index in [1.54, 1.807) is 0 Å². The summed E-state index contributed by atoms with van der Waals surface area (Å²) in [6.45, 7) is 0. The van der Waals surface area contributed by atoms with Gasteiger partial charge in [-0.15, -0.1) is 0 Å². The Bertz CT molecular complexity index is 436. The van der Waals surface area contributed by atoms with Crippen molar-refractivity contribution in [1.29, 1.82) is 0 Å². The maximum absolute atomic E-state index is 12.5. The molecule has 0 aromatic heterocycles. The van der Waals surface area contributed by atoms with Crippen LogP contribution in [0.5, 0.6) is 5.75 Å². The summed E-state index contributed by atoms with van der Waals surface area (Å²) in [7, 11) is 0. The van der Waals surface area contributed by atoms with Crippen molar-refractivity contribution in [3.8, 4) is 5.75 Å². The standard InChI is InChI=1S/C9H5ClF4O3/c10-5-1-4(7(15)16)2-6(3-5)17-9(13,14)8(11)12/h1-3,8H,(H,15,16). The van der Waals surface area contributed by atoms with Gasteiger partial charge in [0.2, 0.25) is 0 Å². The molecular weight excluding hydrogens is 268 g/mol. The molecule has 0 radical (unpaired) electrons. The molecule has 0 bridgehead atoms. The highest BCUT2D eigenvalue weighted by Gasteiger charge is 2.44. The molecule has 0 saturated carbocycles. The van der Waals surface area contributed by atoms with Crippen molar-refractivity contribution in [3.05, 3.63) is 28.8 Å². The first-order valence-corrected chi connectivity index (χ1v) is 4.49. The first-order valence-electron chi connectivity index (χ1n) is 4.11. The van der Waals surface area contributed by atoms with Gasteiger partial charge >= 0.3 is 18.5 Å². The van der Waals surface area contributed by atoms with Crippen molar-refractivity contribution in [2.24, 2.45) is 0 Å². The van der Waals surface area contributed by atoms with E-state index >= 15 is 0 Å². The molecule has 0 saturated heterocycles. The van der Waals surface area contributed by atoms with Crippen molar-refractivity contribution >= 4 is 17.6 Å². The van der Waals surface area contributed by atoms with E-state index in [0.29, 0.717) is 6.07 Å². The maximum Gasteiger partial charge on any atom is 0.461 e.